The first kappa shape index (κ1) is 36.6. The van der Waals surface area contributed by atoms with Gasteiger partial charge in [-0.2, -0.15) is 65.4 Å². The molecule has 0 aliphatic heterocycles. The molecule has 0 aliphatic carbocycles. The van der Waals surface area contributed by atoms with Crippen LogP contribution in [-0.4, -0.2) is 7.05 Å². The quantitative estimate of drug-likeness (QED) is 0.129. The summed E-state index contributed by atoms with van der Waals surface area (Å²) in [7, 11) is 1.42. The van der Waals surface area contributed by atoms with E-state index in [0.717, 1.165) is 9.79 Å². The van der Waals surface area contributed by atoms with E-state index in [1.807, 2.05) is 24.3 Å². The maximum atomic E-state index is 5.83. The van der Waals surface area contributed by atoms with Crippen molar-refractivity contribution in [2.75, 3.05) is 7.05 Å². The van der Waals surface area contributed by atoms with E-state index in [-0.39, 0.29) is 34.1 Å². The molecule has 0 bridgehead atoms. The molecule has 0 saturated carbocycles. The predicted molar refractivity (Wildman–Crippen MR) is 140 cm³/mol. The molecule has 3 aromatic carbocycles. The zero-order chi connectivity index (χ0) is 24.5. The van der Waals surface area contributed by atoms with Crippen LogP contribution < -0.4 is 0 Å². The summed E-state index contributed by atoms with van der Waals surface area (Å²) in [5.41, 5.74) is 20.5. The summed E-state index contributed by atoms with van der Waals surface area (Å²) in [6, 6.07) is 7.44. The monoisotopic (exact) mass is 566 g/mol. The molecule has 6 heteroatoms. The van der Waals surface area contributed by atoms with Gasteiger partial charge in [-0.3, -0.25) is 0 Å². The first-order valence-electron chi connectivity index (χ1n) is 10.4. The van der Waals surface area contributed by atoms with E-state index in [2.05, 4.69) is 74.4 Å². The van der Waals surface area contributed by atoms with Gasteiger partial charge in [0.15, 0.2) is 0 Å². The van der Waals surface area contributed by atoms with Gasteiger partial charge in [0, 0.05) is 7.05 Å². The van der Waals surface area contributed by atoms with E-state index >= 15 is 0 Å². The van der Waals surface area contributed by atoms with E-state index in [9.17, 15) is 0 Å². The molecular weight excluding hydrogens is 528 g/mol. The van der Waals surface area contributed by atoms with Crippen LogP contribution >= 0.6 is 0 Å². The number of nitrogens with one attached hydrogen (secondary N) is 1. The Labute approximate surface area is 234 Å². The molecule has 184 valence electrons. The van der Waals surface area contributed by atoms with Crippen LogP contribution in [0, 0.1) is 74.8 Å². The Hall–Kier alpha value is -1.00. The maximum absolute atomic E-state index is 5.83. The molecule has 33 heavy (non-hydrogen) atoms. The third-order valence-corrected chi connectivity index (χ3v) is 7.32. The van der Waals surface area contributed by atoms with Crippen molar-refractivity contribution in [2.24, 2.45) is 5.11 Å². The Morgan fingerprint density at radius 2 is 0.788 bits per heavy atom. The van der Waals surface area contributed by atoms with Gasteiger partial charge in [0.1, 0.15) is 0 Å². The van der Waals surface area contributed by atoms with Crippen LogP contribution in [0.4, 0.5) is 0 Å². The number of nitrogens with zero attached hydrogens (tertiary/aromatic N) is 1. The summed E-state index contributed by atoms with van der Waals surface area (Å²) in [6.45, 7) is 22.0. The fraction of sp³-hybridized carbons (Fsp3) is 0.407. The van der Waals surface area contributed by atoms with Gasteiger partial charge < -0.3 is 25.3 Å². The summed E-state index contributed by atoms with van der Waals surface area (Å²) in [5, 5.41) is 2.75. The third-order valence-electron chi connectivity index (χ3n) is 6.47. The van der Waals surface area contributed by atoms with Crippen molar-refractivity contribution < 1.29 is 34.1 Å². The Morgan fingerprint density at radius 1 is 0.606 bits per heavy atom. The smallest absolute Gasteiger partial charge is 0.781 e. The first-order chi connectivity index (χ1) is 14.3. The maximum Gasteiger partial charge on any atom is 2.00 e. The van der Waals surface area contributed by atoms with E-state index in [1.165, 1.54) is 62.7 Å². The SMILES string of the molecule is CN=N.Cc1c(C)c(C)[c-](C)c1C.Cc1c(C)c(C)[c-](C)c1C.[Fe+2].[Fe+2].[S-]c1ccccc1[S-]. The minimum Gasteiger partial charge on any atom is -0.781 e. The molecule has 0 atom stereocenters. The van der Waals surface area contributed by atoms with Gasteiger partial charge in [-0.1, -0.05) is 93.5 Å². The second-order valence-electron chi connectivity index (χ2n) is 7.92. The Balaban J connectivity index is -0.000000377. The molecule has 0 aromatic heterocycles. The van der Waals surface area contributed by atoms with E-state index in [4.69, 9.17) is 30.8 Å². The number of rotatable bonds is 0. The first-order valence-corrected chi connectivity index (χ1v) is 11.2. The minimum absolute atomic E-state index is 0. The number of hydrogen-bond donors (Lipinski definition) is 1. The molecule has 2 nitrogen and oxygen atoms in total. The van der Waals surface area contributed by atoms with Crippen LogP contribution in [0.5, 0.6) is 0 Å². The van der Waals surface area contributed by atoms with Crippen LogP contribution in [-0.2, 0) is 59.4 Å². The average Bonchev–Trinajstić information content (AvgIpc) is 3.02. The largest absolute Gasteiger partial charge is 2.00 e. The molecule has 0 saturated heterocycles. The summed E-state index contributed by atoms with van der Waals surface area (Å²) in [5.74, 6) is 0. The van der Waals surface area contributed by atoms with Crippen LogP contribution in [0.15, 0.2) is 39.2 Å². The molecule has 0 fully saturated rings. The van der Waals surface area contributed by atoms with Crippen molar-refractivity contribution in [1.82, 2.24) is 0 Å². The molecule has 0 heterocycles. The van der Waals surface area contributed by atoms with Crippen molar-refractivity contribution in [3.8, 4) is 0 Å². The molecule has 0 radical (unpaired) electrons. The van der Waals surface area contributed by atoms with Crippen LogP contribution in [0.2, 0.25) is 0 Å². The van der Waals surface area contributed by atoms with Crippen molar-refractivity contribution in [2.45, 2.75) is 79.0 Å². The minimum atomic E-state index is 0. The van der Waals surface area contributed by atoms with Crippen molar-refractivity contribution in [3.05, 3.63) is 79.9 Å². The zero-order valence-electron chi connectivity index (χ0n) is 21.8. The van der Waals surface area contributed by atoms with Gasteiger partial charge in [0.05, 0.1) is 0 Å². The van der Waals surface area contributed by atoms with Crippen LogP contribution in [0.25, 0.3) is 0 Å². The molecule has 3 rings (SSSR count). The Morgan fingerprint density at radius 3 is 0.879 bits per heavy atom. The third kappa shape index (κ3) is 10.4. The van der Waals surface area contributed by atoms with E-state index in [1.54, 1.807) is 0 Å². The molecular formula is C27H38Fe2N2S2. The molecule has 0 unspecified atom stereocenters. The fourth-order valence-electron chi connectivity index (χ4n) is 3.26. The normalized spacial score (nSPS) is 8.94. The van der Waals surface area contributed by atoms with Crippen LogP contribution in [0.3, 0.4) is 0 Å². The summed E-state index contributed by atoms with van der Waals surface area (Å²) in [6.07, 6.45) is 0. The Bertz CT molecular complexity index is 765. The van der Waals surface area contributed by atoms with Crippen LogP contribution in [0.1, 0.15) is 55.6 Å². The topological polar surface area (TPSA) is 36.2 Å². The van der Waals surface area contributed by atoms with Gasteiger partial charge in [-0.25, -0.2) is 10.6 Å². The number of hydrogen-bond acceptors (Lipinski definition) is 4. The van der Waals surface area contributed by atoms with Gasteiger partial charge in [-0.15, -0.1) is 0 Å². The van der Waals surface area contributed by atoms with E-state index in [0.29, 0.717) is 0 Å². The Kier molecular flexibility index (Phi) is 19.3. The van der Waals surface area contributed by atoms with Gasteiger partial charge >= 0.3 is 34.1 Å². The van der Waals surface area contributed by atoms with E-state index < -0.39 is 0 Å². The molecule has 0 aliphatic rings. The van der Waals surface area contributed by atoms with Gasteiger partial charge in [0.2, 0.25) is 0 Å². The standard InChI is InChI=1S/2C10H15.C6H6S2.CH4N2.2Fe/c2*1-6-7(2)9(4)10(5)8(6)3;7-5-3-1-2-4-6(5)8;1-3-2;;/h2*1-5H3;1-4,7-8H;2H,1H3;;/q2*-1;;;2*+2/p-2. The van der Waals surface area contributed by atoms with Gasteiger partial charge in [0.25, 0.3) is 0 Å². The number of benzene rings is 1. The summed E-state index contributed by atoms with van der Waals surface area (Å²) >= 11 is 9.70. The van der Waals surface area contributed by atoms with Crippen molar-refractivity contribution in [1.29, 1.82) is 5.53 Å². The summed E-state index contributed by atoms with van der Waals surface area (Å²) < 4.78 is 0. The second-order valence-corrected chi connectivity index (χ2v) is 8.80. The fourth-order valence-corrected chi connectivity index (χ4v) is 3.56. The molecule has 3 aromatic rings. The second kappa shape index (κ2) is 17.4. The summed E-state index contributed by atoms with van der Waals surface area (Å²) in [4.78, 5) is 1.53. The molecule has 0 spiro atoms. The van der Waals surface area contributed by atoms with Crippen molar-refractivity contribution in [3.63, 3.8) is 0 Å². The average molecular weight is 566 g/mol. The van der Waals surface area contributed by atoms with Crippen molar-refractivity contribution >= 4 is 25.3 Å². The zero-order valence-corrected chi connectivity index (χ0v) is 25.6. The molecule has 0 amide bonds. The van der Waals surface area contributed by atoms with Gasteiger partial charge in [-0.05, 0) is 0 Å². The molecule has 1 N–H and O–H groups in total. The predicted octanol–water partition coefficient (Wildman–Crippen LogP) is 8.04.